The lowest BCUT2D eigenvalue weighted by atomic mass is 10.2. The van der Waals surface area contributed by atoms with Gasteiger partial charge in [0, 0.05) is 13.6 Å². The molecule has 0 heterocycles. The molecule has 22 heavy (non-hydrogen) atoms. The molecule has 1 aromatic rings. The lowest BCUT2D eigenvalue weighted by Crippen LogP contribution is -2.42. The molecule has 0 aliphatic carbocycles. The highest BCUT2D eigenvalue weighted by Crippen LogP contribution is 2.35. The van der Waals surface area contributed by atoms with Crippen LogP contribution in [0.3, 0.4) is 0 Å². The van der Waals surface area contributed by atoms with Crippen molar-refractivity contribution in [2.75, 3.05) is 26.7 Å². The van der Waals surface area contributed by atoms with Gasteiger partial charge in [0.15, 0.2) is 0 Å². The Morgan fingerprint density at radius 1 is 1.41 bits per heavy atom. The number of para-hydroxylation sites is 1. The molecule has 2 N–H and O–H groups in total. The van der Waals surface area contributed by atoms with Gasteiger partial charge in [0.2, 0.25) is 0 Å². The van der Waals surface area contributed by atoms with Crippen LogP contribution in [0.1, 0.15) is 12.5 Å². The van der Waals surface area contributed by atoms with Gasteiger partial charge in [-0.3, -0.25) is 0 Å². The van der Waals surface area contributed by atoms with Crippen molar-refractivity contribution in [3.8, 4) is 5.75 Å². The van der Waals surface area contributed by atoms with Crippen LogP contribution in [0.15, 0.2) is 24.3 Å². The number of aliphatic hydroxyl groups is 1. The van der Waals surface area contributed by atoms with Gasteiger partial charge >= 0.3 is 12.2 Å². The molecule has 0 fully saturated rings. The molecule has 0 bridgehead atoms. The number of ether oxygens (including phenoxy) is 1. The molecule has 124 valence electrons. The van der Waals surface area contributed by atoms with E-state index in [1.54, 1.807) is 6.92 Å². The number of nitrogens with zero attached hydrogens (tertiary/aromatic N) is 1. The average Bonchev–Trinajstić information content (AvgIpc) is 2.42. The number of benzene rings is 1. The summed E-state index contributed by atoms with van der Waals surface area (Å²) in [5.74, 6) is -0.276. The number of halogens is 3. The van der Waals surface area contributed by atoms with Gasteiger partial charge in [0.25, 0.3) is 0 Å². The van der Waals surface area contributed by atoms with Crippen molar-refractivity contribution in [2.45, 2.75) is 19.2 Å². The predicted molar refractivity (Wildman–Crippen MR) is 74.6 cm³/mol. The Balaban J connectivity index is 2.44. The van der Waals surface area contributed by atoms with Crippen LogP contribution >= 0.6 is 0 Å². The van der Waals surface area contributed by atoms with E-state index in [4.69, 9.17) is 9.84 Å². The first-order valence-electron chi connectivity index (χ1n) is 6.68. The monoisotopic (exact) mass is 320 g/mol. The number of rotatable bonds is 6. The van der Waals surface area contributed by atoms with Crippen LogP contribution < -0.4 is 10.1 Å². The highest BCUT2D eigenvalue weighted by molar-refractivity contribution is 5.73. The Bertz CT molecular complexity index is 492. The Kier molecular flexibility index (Phi) is 6.48. The summed E-state index contributed by atoms with van der Waals surface area (Å²) >= 11 is 0. The first kappa shape index (κ1) is 18.1. The standard InChI is InChI=1S/C14H19F3N2O3/c1-10(20)9-19(2)13(21)18-7-8-22-12-6-4-3-5-11(12)14(15,16)17/h3-6,10,20H,7-9H2,1-2H3,(H,18,21). The van der Waals surface area contributed by atoms with Crippen LogP contribution in [0.2, 0.25) is 0 Å². The van der Waals surface area contributed by atoms with E-state index in [2.05, 4.69) is 5.32 Å². The minimum absolute atomic E-state index is 0.0508. The van der Waals surface area contributed by atoms with E-state index in [0.29, 0.717) is 0 Å². The first-order chi connectivity index (χ1) is 10.2. The van der Waals surface area contributed by atoms with Gasteiger partial charge in [-0.2, -0.15) is 13.2 Å². The van der Waals surface area contributed by atoms with Gasteiger partial charge in [-0.05, 0) is 19.1 Å². The minimum Gasteiger partial charge on any atom is -0.491 e. The topological polar surface area (TPSA) is 61.8 Å². The third kappa shape index (κ3) is 5.80. The van der Waals surface area contributed by atoms with Crippen LogP contribution in [0.4, 0.5) is 18.0 Å². The number of alkyl halides is 3. The number of hydrogen-bond donors (Lipinski definition) is 2. The molecular weight excluding hydrogens is 301 g/mol. The Labute approximate surface area is 126 Å². The maximum absolute atomic E-state index is 12.7. The van der Waals surface area contributed by atoms with Gasteiger partial charge < -0.3 is 20.1 Å². The minimum atomic E-state index is -4.49. The Hall–Kier alpha value is -1.96. The molecule has 0 aliphatic rings. The third-order valence-corrected chi connectivity index (χ3v) is 2.71. The second-order valence-electron chi connectivity index (χ2n) is 4.80. The van der Waals surface area contributed by atoms with Crippen molar-refractivity contribution in [1.82, 2.24) is 10.2 Å². The predicted octanol–water partition coefficient (Wildman–Crippen LogP) is 2.11. The number of hydrogen-bond acceptors (Lipinski definition) is 3. The third-order valence-electron chi connectivity index (χ3n) is 2.71. The molecule has 0 radical (unpaired) electrons. The highest BCUT2D eigenvalue weighted by Gasteiger charge is 2.33. The van der Waals surface area contributed by atoms with E-state index < -0.39 is 23.9 Å². The second-order valence-corrected chi connectivity index (χ2v) is 4.80. The average molecular weight is 320 g/mol. The number of carbonyl (C=O) groups excluding carboxylic acids is 1. The van der Waals surface area contributed by atoms with Crippen LogP contribution in [0.5, 0.6) is 5.75 Å². The van der Waals surface area contributed by atoms with Gasteiger partial charge in [-0.25, -0.2) is 4.79 Å². The number of nitrogens with one attached hydrogen (secondary N) is 1. The van der Waals surface area contributed by atoms with Crippen molar-refractivity contribution >= 4 is 6.03 Å². The highest BCUT2D eigenvalue weighted by atomic mass is 19.4. The van der Waals surface area contributed by atoms with E-state index in [9.17, 15) is 18.0 Å². The summed E-state index contributed by atoms with van der Waals surface area (Å²) in [6.45, 7) is 1.65. The summed E-state index contributed by atoms with van der Waals surface area (Å²) in [4.78, 5) is 12.9. The molecule has 0 saturated carbocycles. The fourth-order valence-corrected chi connectivity index (χ4v) is 1.76. The molecule has 5 nitrogen and oxygen atoms in total. The van der Waals surface area contributed by atoms with Gasteiger partial charge in [-0.15, -0.1) is 0 Å². The van der Waals surface area contributed by atoms with Crippen molar-refractivity contribution in [3.63, 3.8) is 0 Å². The van der Waals surface area contributed by atoms with Gasteiger partial charge in [-0.1, -0.05) is 12.1 Å². The molecule has 1 rings (SSSR count). The van der Waals surface area contributed by atoms with E-state index in [-0.39, 0.29) is 25.4 Å². The van der Waals surface area contributed by atoms with E-state index in [0.717, 1.165) is 6.07 Å². The Morgan fingerprint density at radius 3 is 2.64 bits per heavy atom. The molecule has 1 unspecified atom stereocenters. The van der Waals surface area contributed by atoms with Crippen molar-refractivity contribution in [2.24, 2.45) is 0 Å². The van der Waals surface area contributed by atoms with Crippen LogP contribution in [0, 0.1) is 0 Å². The summed E-state index contributed by atoms with van der Waals surface area (Å²) in [6.07, 6.45) is -5.15. The zero-order chi connectivity index (χ0) is 16.8. The summed E-state index contributed by atoms with van der Waals surface area (Å²) in [5, 5.41) is 11.6. The quantitative estimate of drug-likeness (QED) is 0.789. The second kappa shape index (κ2) is 7.88. The molecular formula is C14H19F3N2O3. The molecule has 0 saturated heterocycles. The first-order valence-corrected chi connectivity index (χ1v) is 6.68. The summed E-state index contributed by atoms with van der Waals surface area (Å²) in [7, 11) is 1.50. The van der Waals surface area contributed by atoms with Crippen molar-refractivity contribution < 1.29 is 27.8 Å². The number of carbonyl (C=O) groups is 1. The molecule has 8 heteroatoms. The maximum Gasteiger partial charge on any atom is 0.419 e. The number of aliphatic hydroxyl groups excluding tert-OH is 1. The van der Waals surface area contributed by atoms with Crippen LogP contribution in [0.25, 0.3) is 0 Å². The summed E-state index contributed by atoms with van der Waals surface area (Å²) in [6, 6.07) is 4.45. The zero-order valence-corrected chi connectivity index (χ0v) is 12.4. The van der Waals surface area contributed by atoms with Gasteiger partial charge in [0.05, 0.1) is 18.2 Å². The molecule has 1 atom stereocenters. The smallest absolute Gasteiger partial charge is 0.419 e. The van der Waals surface area contributed by atoms with Crippen molar-refractivity contribution in [3.05, 3.63) is 29.8 Å². The number of amides is 2. The van der Waals surface area contributed by atoms with E-state index in [1.807, 2.05) is 0 Å². The molecule has 2 amide bonds. The maximum atomic E-state index is 12.7. The van der Waals surface area contributed by atoms with Gasteiger partial charge in [0.1, 0.15) is 12.4 Å². The lowest BCUT2D eigenvalue weighted by molar-refractivity contribution is -0.138. The fourth-order valence-electron chi connectivity index (χ4n) is 1.76. The molecule has 1 aromatic carbocycles. The Morgan fingerprint density at radius 2 is 2.05 bits per heavy atom. The lowest BCUT2D eigenvalue weighted by Gasteiger charge is -2.19. The molecule has 0 spiro atoms. The normalized spacial score (nSPS) is 12.6. The summed E-state index contributed by atoms with van der Waals surface area (Å²) < 4.78 is 43.3. The largest absolute Gasteiger partial charge is 0.491 e. The SMILES string of the molecule is CC(O)CN(C)C(=O)NCCOc1ccccc1C(F)(F)F. The van der Waals surface area contributed by atoms with E-state index in [1.165, 1.54) is 30.1 Å². The zero-order valence-electron chi connectivity index (χ0n) is 12.4. The van der Waals surface area contributed by atoms with E-state index >= 15 is 0 Å². The fraction of sp³-hybridized carbons (Fsp3) is 0.500. The molecule has 0 aromatic heterocycles. The summed E-state index contributed by atoms with van der Waals surface area (Å²) in [5.41, 5.74) is -0.854. The van der Waals surface area contributed by atoms with Crippen LogP contribution in [-0.4, -0.2) is 48.9 Å². The number of likely N-dealkylation sites (N-methyl/N-ethyl adjacent to an activating group) is 1. The number of urea groups is 1. The van der Waals surface area contributed by atoms with Crippen LogP contribution in [-0.2, 0) is 6.18 Å². The molecule has 0 aliphatic heterocycles. The van der Waals surface area contributed by atoms with Crippen molar-refractivity contribution in [1.29, 1.82) is 0 Å².